The van der Waals surface area contributed by atoms with Crippen LogP contribution in [-0.4, -0.2) is 67.2 Å². The summed E-state index contributed by atoms with van der Waals surface area (Å²) in [6.07, 6.45) is -0.823. The van der Waals surface area contributed by atoms with Gasteiger partial charge in [0.15, 0.2) is 12.7 Å². The highest BCUT2D eigenvalue weighted by Crippen LogP contribution is 2.33. The average Bonchev–Trinajstić information content (AvgIpc) is 2.82. The van der Waals surface area contributed by atoms with E-state index in [9.17, 15) is 19.7 Å². The number of nitro benzene ring substituents is 1. The summed E-state index contributed by atoms with van der Waals surface area (Å²) in [5, 5.41) is 10.8. The van der Waals surface area contributed by atoms with Gasteiger partial charge in [0.25, 0.3) is 17.5 Å². The first kappa shape index (κ1) is 20.6. The Kier molecular flexibility index (Phi) is 5.99. The van der Waals surface area contributed by atoms with Gasteiger partial charge in [-0.15, -0.1) is 0 Å². The van der Waals surface area contributed by atoms with Crippen molar-refractivity contribution in [3.63, 3.8) is 0 Å². The second kappa shape index (κ2) is 9.00. The molecule has 1 unspecified atom stereocenters. The lowest BCUT2D eigenvalue weighted by atomic mass is 10.1. The van der Waals surface area contributed by atoms with Crippen LogP contribution in [-0.2, 0) is 14.3 Å². The molecule has 2 aliphatic rings. The van der Waals surface area contributed by atoms with Gasteiger partial charge in [0.05, 0.1) is 30.4 Å². The van der Waals surface area contributed by atoms with E-state index in [4.69, 9.17) is 14.2 Å². The van der Waals surface area contributed by atoms with Crippen molar-refractivity contribution in [3.8, 4) is 11.5 Å². The average molecular weight is 427 g/mol. The Morgan fingerprint density at radius 3 is 2.52 bits per heavy atom. The number of rotatable bonds is 5. The van der Waals surface area contributed by atoms with Crippen LogP contribution < -0.4 is 14.4 Å². The predicted octanol–water partition coefficient (Wildman–Crippen LogP) is 1.63. The standard InChI is InChI=1S/C21H21N3O7/c25-20(14-30-16-7-5-15(6-8-16)24(27)28)23-13-19(21(26)22-9-11-29-12-10-22)31-18-4-2-1-3-17(18)23/h1-8,19H,9-14H2. The van der Waals surface area contributed by atoms with Crippen LogP contribution >= 0.6 is 0 Å². The number of morpholine rings is 1. The number of benzene rings is 2. The number of carbonyl (C=O) groups is 2. The number of carbonyl (C=O) groups excluding carboxylic acids is 2. The highest BCUT2D eigenvalue weighted by molar-refractivity contribution is 5.98. The minimum absolute atomic E-state index is 0.0646. The molecule has 2 aromatic rings. The molecule has 0 N–H and O–H groups in total. The van der Waals surface area contributed by atoms with Crippen LogP contribution in [0.1, 0.15) is 0 Å². The Hall–Kier alpha value is -3.66. The minimum Gasteiger partial charge on any atom is -0.484 e. The molecule has 162 valence electrons. The van der Waals surface area contributed by atoms with Crippen molar-refractivity contribution in [2.45, 2.75) is 6.10 Å². The van der Waals surface area contributed by atoms with Gasteiger partial charge in [-0.05, 0) is 24.3 Å². The number of ether oxygens (including phenoxy) is 3. The zero-order valence-corrected chi connectivity index (χ0v) is 16.6. The fraction of sp³-hybridized carbons (Fsp3) is 0.333. The zero-order valence-electron chi connectivity index (χ0n) is 16.6. The van der Waals surface area contributed by atoms with Gasteiger partial charge in [0.1, 0.15) is 11.5 Å². The fourth-order valence-electron chi connectivity index (χ4n) is 3.47. The van der Waals surface area contributed by atoms with E-state index in [1.54, 1.807) is 29.2 Å². The highest BCUT2D eigenvalue weighted by Gasteiger charge is 2.36. The maximum Gasteiger partial charge on any atom is 0.269 e. The number of hydrogen-bond donors (Lipinski definition) is 0. The first-order chi connectivity index (χ1) is 15.0. The van der Waals surface area contributed by atoms with Gasteiger partial charge in [-0.3, -0.25) is 19.7 Å². The van der Waals surface area contributed by atoms with E-state index in [0.29, 0.717) is 43.5 Å². The lowest BCUT2D eigenvalue weighted by Crippen LogP contribution is -2.54. The number of nitrogens with zero attached hydrogens (tertiary/aromatic N) is 3. The van der Waals surface area contributed by atoms with Crippen molar-refractivity contribution in [2.75, 3.05) is 44.4 Å². The topological polar surface area (TPSA) is 111 Å². The van der Waals surface area contributed by atoms with Crippen LogP contribution in [0, 0.1) is 10.1 Å². The molecule has 2 aromatic carbocycles. The van der Waals surface area contributed by atoms with Crippen molar-refractivity contribution in [3.05, 3.63) is 58.6 Å². The highest BCUT2D eigenvalue weighted by atomic mass is 16.6. The maximum atomic E-state index is 12.9. The van der Waals surface area contributed by atoms with Gasteiger partial charge in [0.2, 0.25) is 0 Å². The Bertz CT molecular complexity index is 973. The van der Waals surface area contributed by atoms with Gasteiger partial charge in [-0.25, -0.2) is 0 Å². The molecule has 0 saturated carbocycles. The van der Waals surface area contributed by atoms with E-state index < -0.39 is 11.0 Å². The lowest BCUT2D eigenvalue weighted by Gasteiger charge is -2.37. The van der Waals surface area contributed by atoms with Crippen LogP contribution in [0.2, 0.25) is 0 Å². The number of hydrogen-bond acceptors (Lipinski definition) is 7. The van der Waals surface area contributed by atoms with Crippen LogP contribution in [0.4, 0.5) is 11.4 Å². The molecule has 4 rings (SSSR count). The molecule has 2 aliphatic heterocycles. The summed E-state index contributed by atoms with van der Waals surface area (Å²) in [6, 6.07) is 12.5. The van der Waals surface area contributed by atoms with Gasteiger partial charge < -0.3 is 24.0 Å². The SMILES string of the molecule is O=C(C1CN(C(=O)COc2ccc([N+](=O)[O-])cc2)c2ccccc2O1)N1CCOCC1. The van der Waals surface area contributed by atoms with Crippen molar-refractivity contribution in [1.29, 1.82) is 0 Å². The largest absolute Gasteiger partial charge is 0.484 e. The molecule has 2 heterocycles. The van der Waals surface area contributed by atoms with E-state index in [1.165, 1.54) is 29.2 Å². The number of nitro groups is 1. The zero-order chi connectivity index (χ0) is 21.8. The summed E-state index contributed by atoms with van der Waals surface area (Å²) in [4.78, 5) is 39.3. The molecule has 10 nitrogen and oxygen atoms in total. The third kappa shape index (κ3) is 4.58. The molecular weight excluding hydrogens is 406 g/mol. The molecule has 2 amide bonds. The number of non-ortho nitro benzene ring substituents is 1. The second-order valence-electron chi connectivity index (χ2n) is 7.06. The normalized spacial score (nSPS) is 18.0. The van der Waals surface area contributed by atoms with Crippen molar-refractivity contribution in [2.24, 2.45) is 0 Å². The van der Waals surface area contributed by atoms with Crippen LogP contribution in [0.15, 0.2) is 48.5 Å². The Balaban J connectivity index is 1.46. The third-order valence-corrected chi connectivity index (χ3v) is 5.08. The van der Waals surface area contributed by atoms with E-state index in [2.05, 4.69) is 0 Å². The molecule has 0 radical (unpaired) electrons. The molecule has 0 aliphatic carbocycles. The van der Waals surface area contributed by atoms with Gasteiger partial charge in [-0.1, -0.05) is 12.1 Å². The van der Waals surface area contributed by atoms with Gasteiger partial charge >= 0.3 is 0 Å². The number of anilines is 1. The number of fused-ring (bicyclic) bond motifs is 1. The first-order valence-electron chi connectivity index (χ1n) is 9.83. The molecule has 1 fully saturated rings. The van der Waals surface area contributed by atoms with Crippen LogP contribution in [0.5, 0.6) is 11.5 Å². The Morgan fingerprint density at radius 1 is 1.10 bits per heavy atom. The smallest absolute Gasteiger partial charge is 0.269 e. The summed E-state index contributed by atoms with van der Waals surface area (Å²) in [6.45, 7) is 1.69. The summed E-state index contributed by atoms with van der Waals surface area (Å²) >= 11 is 0. The quantitative estimate of drug-likeness (QED) is 0.527. The summed E-state index contributed by atoms with van der Waals surface area (Å²) in [5.41, 5.74) is 0.496. The molecule has 31 heavy (non-hydrogen) atoms. The molecule has 0 aromatic heterocycles. The van der Waals surface area contributed by atoms with E-state index in [-0.39, 0.29) is 30.7 Å². The lowest BCUT2D eigenvalue weighted by molar-refractivity contribution is -0.384. The van der Waals surface area contributed by atoms with Crippen molar-refractivity contribution in [1.82, 2.24) is 4.90 Å². The molecule has 0 spiro atoms. The Labute approximate surface area is 178 Å². The third-order valence-electron chi connectivity index (χ3n) is 5.08. The summed E-state index contributed by atoms with van der Waals surface area (Å²) < 4.78 is 16.7. The molecule has 1 saturated heterocycles. The first-order valence-corrected chi connectivity index (χ1v) is 9.83. The van der Waals surface area contributed by atoms with Crippen LogP contribution in [0.25, 0.3) is 0 Å². The van der Waals surface area contributed by atoms with Crippen molar-refractivity contribution < 1.29 is 28.7 Å². The molecule has 10 heteroatoms. The molecule has 1 atom stereocenters. The van der Waals surface area contributed by atoms with E-state index in [0.717, 1.165) is 0 Å². The Morgan fingerprint density at radius 2 is 1.81 bits per heavy atom. The molecular formula is C21H21N3O7. The van der Waals surface area contributed by atoms with Gasteiger partial charge in [-0.2, -0.15) is 0 Å². The number of para-hydroxylation sites is 2. The van der Waals surface area contributed by atoms with Crippen LogP contribution in [0.3, 0.4) is 0 Å². The monoisotopic (exact) mass is 427 g/mol. The maximum absolute atomic E-state index is 12.9. The predicted molar refractivity (Wildman–Crippen MR) is 109 cm³/mol. The van der Waals surface area contributed by atoms with E-state index >= 15 is 0 Å². The minimum atomic E-state index is -0.823. The second-order valence-corrected chi connectivity index (χ2v) is 7.06. The summed E-state index contributed by atoms with van der Waals surface area (Å²) in [5.74, 6) is 0.242. The van der Waals surface area contributed by atoms with Crippen molar-refractivity contribution >= 4 is 23.2 Å². The fourth-order valence-corrected chi connectivity index (χ4v) is 3.47. The number of amides is 2. The van der Waals surface area contributed by atoms with Gasteiger partial charge in [0, 0.05) is 25.2 Å². The van der Waals surface area contributed by atoms with E-state index in [1.807, 2.05) is 0 Å². The summed E-state index contributed by atoms with van der Waals surface area (Å²) in [7, 11) is 0. The molecule has 0 bridgehead atoms.